The predicted molar refractivity (Wildman–Crippen MR) is 111 cm³/mol. The zero-order valence-electron chi connectivity index (χ0n) is 15.9. The molecule has 142 valence electrons. The quantitative estimate of drug-likeness (QED) is 0.581. The van der Waals surface area contributed by atoms with Crippen molar-refractivity contribution in [1.29, 1.82) is 0 Å². The fourth-order valence-corrected chi connectivity index (χ4v) is 3.95. The van der Waals surface area contributed by atoms with Crippen LogP contribution in [-0.2, 0) is 16.0 Å². The molecule has 0 aliphatic rings. The summed E-state index contributed by atoms with van der Waals surface area (Å²) in [6.45, 7) is 6.19. The van der Waals surface area contributed by atoms with Crippen molar-refractivity contribution >= 4 is 34.1 Å². The second-order valence-electron chi connectivity index (χ2n) is 6.69. The summed E-state index contributed by atoms with van der Waals surface area (Å²) in [5, 5.41) is 8.71. The molecular formula is C21H25N3O2S. The minimum absolute atomic E-state index is 0.118. The molecule has 0 aliphatic heterocycles. The van der Waals surface area contributed by atoms with Crippen LogP contribution >= 0.6 is 11.3 Å². The van der Waals surface area contributed by atoms with Gasteiger partial charge in [0.1, 0.15) is 6.04 Å². The Morgan fingerprint density at radius 2 is 2.07 bits per heavy atom. The van der Waals surface area contributed by atoms with Gasteiger partial charge in [-0.2, -0.15) is 0 Å². The third kappa shape index (κ3) is 4.39. The normalized spacial score (nSPS) is 12.1. The van der Waals surface area contributed by atoms with Crippen molar-refractivity contribution in [3.8, 4) is 10.6 Å². The van der Waals surface area contributed by atoms with E-state index in [2.05, 4.69) is 52.2 Å². The molecule has 27 heavy (non-hydrogen) atoms. The van der Waals surface area contributed by atoms with Gasteiger partial charge in [-0.25, -0.2) is 0 Å². The highest BCUT2D eigenvalue weighted by molar-refractivity contribution is 7.13. The number of nitrogens with one attached hydrogen (secondary N) is 3. The second kappa shape index (κ2) is 8.39. The number of hydrogen-bond donors (Lipinski definition) is 3. The average Bonchev–Trinajstić information content (AvgIpc) is 3.27. The van der Waals surface area contributed by atoms with Gasteiger partial charge in [-0.1, -0.05) is 17.7 Å². The first-order valence-electron chi connectivity index (χ1n) is 9.21. The van der Waals surface area contributed by atoms with Gasteiger partial charge in [-0.15, -0.1) is 11.3 Å². The largest absolute Gasteiger partial charge is 0.355 e. The molecule has 5 nitrogen and oxygen atoms in total. The molecule has 6 heteroatoms. The van der Waals surface area contributed by atoms with E-state index in [0.29, 0.717) is 19.4 Å². The lowest BCUT2D eigenvalue weighted by Crippen LogP contribution is -2.44. The van der Waals surface area contributed by atoms with Crippen LogP contribution in [0.2, 0.25) is 0 Å². The lowest BCUT2D eigenvalue weighted by molar-refractivity contribution is -0.128. The molecule has 3 aromatic rings. The maximum atomic E-state index is 12.4. The second-order valence-corrected chi connectivity index (χ2v) is 7.64. The summed E-state index contributed by atoms with van der Waals surface area (Å²) in [5.41, 5.74) is 4.50. The summed E-state index contributed by atoms with van der Waals surface area (Å²) in [6, 6.07) is 9.92. The van der Waals surface area contributed by atoms with E-state index in [4.69, 9.17) is 0 Å². The monoisotopic (exact) mass is 383 g/mol. The number of hydrogen-bond acceptors (Lipinski definition) is 3. The number of fused-ring (bicyclic) bond motifs is 1. The number of aromatic amines is 1. The molecule has 3 rings (SSSR count). The number of aromatic nitrogens is 1. The Morgan fingerprint density at radius 1 is 1.26 bits per heavy atom. The zero-order valence-corrected chi connectivity index (χ0v) is 16.7. The van der Waals surface area contributed by atoms with Crippen LogP contribution in [0.1, 0.15) is 31.4 Å². The van der Waals surface area contributed by atoms with Crippen LogP contribution in [0, 0.1) is 6.92 Å². The van der Waals surface area contributed by atoms with Gasteiger partial charge < -0.3 is 15.6 Å². The van der Waals surface area contributed by atoms with Gasteiger partial charge in [-0.05, 0) is 56.3 Å². The molecule has 0 aliphatic carbocycles. The van der Waals surface area contributed by atoms with Crippen molar-refractivity contribution in [2.75, 3.05) is 6.54 Å². The molecule has 0 radical (unpaired) electrons. The van der Waals surface area contributed by atoms with Gasteiger partial charge in [0.05, 0.1) is 10.6 Å². The molecular weight excluding hydrogens is 358 g/mol. The first-order chi connectivity index (χ1) is 13.0. The molecule has 0 bridgehead atoms. The van der Waals surface area contributed by atoms with Crippen LogP contribution in [0.25, 0.3) is 21.5 Å². The molecule has 0 saturated carbocycles. The Kier molecular flexibility index (Phi) is 5.96. The van der Waals surface area contributed by atoms with Crippen LogP contribution in [0.4, 0.5) is 0 Å². The minimum atomic E-state index is -0.528. The number of rotatable bonds is 7. The third-order valence-electron chi connectivity index (χ3n) is 4.55. The fraction of sp³-hybridized carbons (Fsp3) is 0.333. The van der Waals surface area contributed by atoms with E-state index < -0.39 is 6.04 Å². The van der Waals surface area contributed by atoms with Crippen LogP contribution in [-0.4, -0.2) is 29.4 Å². The molecule has 2 amide bonds. The number of thiophene rings is 1. The van der Waals surface area contributed by atoms with E-state index in [-0.39, 0.29) is 11.8 Å². The van der Waals surface area contributed by atoms with Crippen LogP contribution in [0.3, 0.4) is 0 Å². The highest BCUT2D eigenvalue weighted by Crippen LogP contribution is 2.34. The Bertz CT molecular complexity index is 944. The summed E-state index contributed by atoms with van der Waals surface area (Å²) in [7, 11) is 0. The van der Waals surface area contributed by atoms with E-state index >= 15 is 0 Å². The van der Waals surface area contributed by atoms with E-state index in [1.165, 1.54) is 5.56 Å². The zero-order chi connectivity index (χ0) is 19.4. The summed E-state index contributed by atoms with van der Waals surface area (Å²) >= 11 is 1.68. The van der Waals surface area contributed by atoms with Gasteiger partial charge in [0.2, 0.25) is 11.8 Å². The smallest absolute Gasteiger partial charge is 0.242 e. The van der Waals surface area contributed by atoms with Crippen molar-refractivity contribution in [3.63, 3.8) is 0 Å². The SMILES string of the molecule is CCNC(=O)[C@H](C)NC(=O)CCc1c(-c2cccs2)[nH]c2ccc(C)cc12. The summed E-state index contributed by atoms with van der Waals surface area (Å²) in [4.78, 5) is 28.8. The number of carbonyl (C=O) groups is 2. The number of aryl methyl sites for hydroxylation is 2. The van der Waals surface area contributed by atoms with E-state index in [9.17, 15) is 9.59 Å². The number of likely N-dealkylation sites (N-methyl/N-ethyl adjacent to an activating group) is 1. The lowest BCUT2D eigenvalue weighted by atomic mass is 10.0. The van der Waals surface area contributed by atoms with Crippen LogP contribution < -0.4 is 10.6 Å². The van der Waals surface area contributed by atoms with Crippen molar-refractivity contribution in [1.82, 2.24) is 15.6 Å². The predicted octanol–water partition coefficient (Wildman–Crippen LogP) is 3.78. The van der Waals surface area contributed by atoms with E-state index in [0.717, 1.165) is 27.0 Å². The van der Waals surface area contributed by atoms with Gasteiger partial charge in [0.15, 0.2) is 0 Å². The molecule has 0 fully saturated rings. The maximum absolute atomic E-state index is 12.4. The molecule has 0 unspecified atom stereocenters. The molecule has 3 N–H and O–H groups in total. The topological polar surface area (TPSA) is 74.0 Å². The number of H-pyrrole nitrogens is 1. The molecule has 1 atom stereocenters. The van der Waals surface area contributed by atoms with Crippen LogP contribution in [0.15, 0.2) is 35.7 Å². The highest BCUT2D eigenvalue weighted by Gasteiger charge is 2.18. The first kappa shape index (κ1) is 19.2. The van der Waals surface area contributed by atoms with Crippen molar-refractivity contribution in [2.24, 2.45) is 0 Å². The standard InChI is InChI=1S/C21H25N3O2S/c1-4-22-21(26)14(3)23-19(25)10-8-15-16-12-13(2)7-9-17(16)24-20(15)18-6-5-11-27-18/h5-7,9,11-12,14,24H,4,8,10H2,1-3H3,(H,22,26)(H,23,25)/t14-/m0/s1. The maximum Gasteiger partial charge on any atom is 0.242 e. The average molecular weight is 384 g/mol. The van der Waals surface area contributed by atoms with Crippen molar-refractivity contribution in [3.05, 3.63) is 46.8 Å². The summed E-state index contributed by atoms with van der Waals surface area (Å²) in [6.07, 6.45) is 0.952. The van der Waals surface area contributed by atoms with Gasteiger partial charge in [-0.3, -0.25) is 9.59 Å². The number of carbonyl (C=O) groups excluding carboxylic acids is 2. The Morgan fingerprint density at radius 3 is 2.78 bits per heavy atom. The van der Waals surface area contributed by atoms with Gasteiger partial charge >= 0.3 is 0 Å². The Hall–Kier alpha value is -2.60. The summed E-state index contributed by atoms with van der Waals surface area (Å²) < 4.78 is 0. The van der Waals surface area contributed by atoms with Gasteiger partial charge in [0, 0.05) is 23.9 Å². The van der Waals surface area contributed by atoms with E-state index in [1.807, 2.05) is 13.0 Å². The molecule has 0 spiro atoms. The third-order valence-corrected chi connectivity index (χ3v) is 5.44. The van der Waals surface area contributed by atoms with Crippen molar-refractivity contribution in [2.45, 2.75) is 39.7 Å². The molecule has 2 aromatic heterocycles. The fourth-order valence-electron chi connectivity index (χ4n) is 3.20. The molecule has 2 heterocycles. The lowest BCUT2D eigenvalue weighted by Gasteiger charge is -2.13. The van der Waals surface area contributed by atoms with Crippen LogP contribution in [0.5, 0.6) is 0 Å². The Labute approximate surface area is 163 Å². The molecule has 0 saturated heterocycles. The highest BCUT2D eigenvalue weighted by atomic mass is 32.1. The van der Waals surface area contributed by atoms with Crippen molar-refractivity contribution < 1.29 is 9.59 Å². The Balaban J connectivity index is 1.79. The first-order valence-corrected chi connectivity index (χ1v) is 10.1. The van der Waals surface area contributed by atoms with E-state index in [1.54, 1.807) is 18.3 Å². The van der Waals surface area contributed by atoms with Gasteiger partial charge in [0.25, 0.3) is 0 Å². The number of amides is 2. The summed E-state index contributed by atoms with van der Waals surface area (Å²) in [5.74, 6) is -0.277. The number of benzene rings is 1. The minimum Gasteiger partial charge on any atom is -0.355 e. The molecule has 1 aromatic carbocycles.